The van der Waals surface area contributed by atoms with Crippen LogP contribution in [0.25, 0.3) is 0 Å². The summed E-state index contributed by atoms with van der Waals surface area (Å²) in [6, 6.07) is 5.81. The molecular weight excluding hydrogens is 364 g/mol. The van der Waals surface area contributed by atoms with E-state index in [4.69, 9.17) is 14.3 Å². The van der Waals surface area contributed by atoms with Gasteiger partial charge in [0, 0.05) is 11.8 Å². The number of nitrogens with one attached hydrogen (secondary N) is 2. The van der Waals surface area contributed by atoms with Gasteiger partial charge >= 0.3 is 5.97 Å². The summed E-state index contributed by atoms with van der Waals surface area (Å²) in [6.07, 6.45) is 0. The van der Waals surface area contributed by atoms with E-state index in [1.54, 1.807) is 19.1 Å². The summed E-state index contributed by atoms with van der Waals surface area (Å²) in [6.45, 7) is 2.73. The average Bonchev–Trinajstić information content (AvgIpc) is 2.98. The number of rotatable bonds is 7. The molecule has 0 saturated carbocycles. The molecule has 0 aliphatic heterocycles. The molecule has 0 saturated heterocycles. The number of amides is 1. The van der Waals surface area contributed by atoms with Gasteiger partial charge in [0.1, 0.15) is 11.5 Å². The van der Waals surface area contributed by atoms with Crippen LogP contribution in [0.4, 0.5) is 5.69 Å². The normalized spacial score (nSPS) is 11.2. The van der Waals surface area contributed by atoms with Gasteiger partial charge in [-0.05, 0) is 44.7 Å². The summed E-state index contributed by atoms with van der Waals surface area (Å²) in [5.74, 6) is -1.12. The number of ether oxygens (including phenoxy) is 1. The van der Waals surface area contributed by atoms with Crippen molar-refractivity contribution in [1.29, 1.82) is 0 Å². The third-order valence-electron chi connectivity index (χ3n) is 3.48. The first-order chi connectivity index (χ1) is 12.1. The number of carboxylic acids is 1. The summed E-state index contributed by atoms with van der Waals surface area (Å²) in [4.78, 5) is 22.9. The summed E-state index contributed by atoms with van der Waals surface area (Å²) in [7, 11) is -2.55. The fourth-order valence-electron chi connectivity index (χ4n) is 2.11. The highest BCUT2D eigenvalue weighted by Gasteiger charge is 2.22. The number of sulfonamides is 1. The number of furan rings is 1. The molecule has 0 aliphatic rings. The molecule has 0 unspecified atom stereocenters. The Hall–Kier alpha value is -2.85. The molecule has 0 atom stereocenters. The van der Waals surface area contributed by atoms with Crippen molar-refractivity contribution in [3.63, 3.8) is 0 Å². The number of carboxylic acid groups (broad SMARTS) is 1. The van der Waals surface area contributed by atoms with Crippen LogP contribution in [0.3, 0.4) is 0 Å². The molecule has 9 nitrogen and oxygen atoms in total. The van der Waals surface area contributed by atoms with E-state index >= 15 is 0 Å². The third kappa shape index (κ3) is 4.41. The van der Waals surface area contributed by atoms with Gasteiger partial charge in [-0.2, -0.15) is 0 Å². The molecule has 0 fully saturated rings. The zero-order valence-corrected chi connectivity index (χ0v) is 15.1. The SMILES string of the molecule is CNS(=O)(=O)c1cc(C(=O)Nc2ccc(OCC(=O)O)cc2C)c(C)o1. The third-order valence-corrected chi connectivity index (χ3v) is 4.75. The predicted octanol–water partition coefficient (Wildman–Crippen LogP) is 1.52. The lowest BCUT2D eigenvalue weighted by atomic mass is 10.1. The minimum Gasteiger partial charge on any atom is -0.482 e. The summed E-state index contributed by atoms with van der Waals surface area (Å²) in [5.41, 5.74) is 1.20. The fraction of sp³-hybridized carbons (Fsp3) is 0.250. The Morgan fingerprint density at radius 1 is 1.23 bits per heavy atom. The average molecular weight is 382 g/mol. The van der Waals surface area contributed by atoms with Gasteiger partial charge in [-0.15, -0.1) is 0 Å². The van der Waals surface area contributed by atoms with Gasteiger partial charge in [0.15, 0.2) is 6.61 Å². The van der Waals surface area contributed by atoms with Crippen LogP contribution in [0.2, 0.25) is 0 Å². The quantitative estimate of drug-likeness (QED) is 0.661. The number of aliphatic carboxylic acids is 1. The van der Waals surface area contributed by atoms with Crippen LogP contribution in [-0.4, -0.2) is 39.1 Å². The number of aryl methyl sites for hydroxylation is 2. The zero-order valence-electron chi connectivity index (χ0n) is 14.3. The first kappa shape index (κ1) is 19.5. The molecular formula is C16H18N2O7S. The van der Waals surface area contributed by atoms with Gasteiger partial charge in [0.05, 0.1) is 5.56 Å². The second kappa shape index (κ2) is 7.58. The van der Waals surface area contributed by atoms with Gasteiger partial charge < -0.3 is 19.6 Å². The number of anilines is 1. The van der Waals surface area contributed by atoms with Gasteiger partial charge in [-0.1, -0.05) is 0 Å². The summed E-state index contributed by atoms with van der Waals surface area (Å²) in [5, 5.41) is 10.9. The lowest BCUT2D eigenvalue weighted by Gasteiger charge is -2.10. The van der Waals surface area contributed by atoms with Crippen LogP contribution in [0.5, 0.6) is 5.75 Å². The molecule has 10 heteroatoms. The monoisotopic (exact) mass is 382 g/mol. The summed E-state index contributed by atoms with van der Waals surface area (Å²) < 4.78 is 35.8. The predicted molar refractivity (Wildman–Crippen MR) is 92.0 cm³/mol. The van der Waals surface area contributed by atoms with Crippen molar-refractivity contribution in [2.45, 2.75) is 18.9 Å². The molecule has 0 bridgehead atoms. The van der Waals surface area contributed by atoms with Crippen LogP contribution in [-0.2, 0) is 14.8 Å². The van der Waals surface area contributed by atoms with Crippen LogP contribution in [0.15, 0.2) is 33.8 Å². The smallest absolute Gasteiger partial charge is 0.341 e. The number of hydrogen-bond donors (Lipinski definition) is 3. The molecule has 0 radical (unpaired) electrons. The lowest BCUT2D eigenvalue weighted by molar-refractivity contribution is -0.139. The number of carbonyl (C=O) groups excluding carboxylic acids is 1. The first-order valence-corrected chi connectivity index (χ1v) is 8.93. The van der Waals surface area contributed by atoms with Crippen LogP contribution in [0, 0.1) is 13.8 Å². The van der Waals surface area contributed by atoms with Crippen molar-refractivity contribution in [2.24, 2.45) is 0 Å². The molecule has 2 aromatic rings. The maximum atomic E-state index is 12.4. The van der Waals surface area contributed by atoms with E-state index in [1.807, 2.05) is 0 Å². The van der Waals surface area contributed by atoms with Crippen molar-refractivity contribution in [1.82, 2.24) is 4.72 Å². The minimum absolute atomic E-state index is 0.0874. The van der Waals surface area contributed by atoms with E-state index in [1.165, 1.54) is 20.0 Å². The van der Waals surface area contributed by atoms with Gasteiger partial charge in [0.2, 0.25) is 5.09 Å². The zero-order chi connectivity index (χ0) is 19.5. The number of benzene rings is 1. The molecule has 1 amide bonds. The van der Waals surface area contributed by atoms with Gasteiger partial charge in [-0.25, -0.2) is 17.9 Å². The Balaban J connectivity index is 2.19. The van der Waals surface area contributed by atoms with Crippen molar-refractivity contribution in [3.8, 4) is 5.75 Å². The first-order valence-electron chi connectivity index (χ1n) is 7.44. The largest absolute Gasteiger partial charge is 0.482 e. The lowest BCUT2D eigenvalue weighted by Crippen LogP contribution is -2.18. The second-order valence-corrected chi connectivity index (χ2v) is 7.17. The van der Waals surface area contributed by atoms with Crippen molar-refractivity contribution < 1.29 is 32.3 Å². The van der Waals surface area contributed by atoms with Crippen molar-refractivity contribution in [2.75, 3.05) is 19.0 Å². The second-order valence-electron chi connectivity index (χ2n) is 5.36. The van der Waals surface area contributed by atoms with E-state index in [2.05, 4.69) is 10.0 Å². The number of hydrogen-bond acceptors (Lipinski definition) is 6. The molecule has 2 rings (SSSR count). The topological polar surface area (TPSA) is 135 Å². The van der Waals surface area contributed by atoms with E-state index < -0.39 is 28.5 Å². The van der Waals surface area contributed by atoms with E-state index in [0.717, 1.165) is 6.07 Å². The Morgan fingerprint density at radius 2 is 1.92 bits per heavy atom. The van der Waals surface area contributed by atoms with Crippen molar-refractivity contribution >= 4 is 27.6 Å². The Labute approximate surface area is 150 Å². The van der Waals surface area contributed by atoms with Crippen LogP contribution < -0.4 is 14.8 Å². The van der Waals surface area contributed by atoms with Crippen LogP contribution >= 0.6 is 0 Å². The maximum absolute atomic E-state index is 12.4. The van der Waals surface area contributed by atoms with Crippen LogP contribution in [0.1, 0.15) is 21.7 Å². The standard InChI is InChI=1S/C16H18N2O7S/c1-9-6-11(24-8-14(19)20)4-5-13(9)18-16(21)12-7-15(25-10(12)2)26(22,23)17-3/h4-7,17H,8H2,1-3H3,(H,18,21)(H,19,20). The van der Waals surface area contributed by atoms with E-state index in [9.17, 15) is 18.0 Å². The minimum atomic E-state index is -3.79. The molecule has 1 aromatic carbocycles. The van der Waals surface area contributed by atoms with Gasteiger partial charge in [-0.3, -0.25) is 4.79 Å². The highest BCUT2D eigenvalue weighted by molar-refractivity contribution is 7.89. The highest BCUT2D eigenvalue weighted by Crippen LogP contribution is 2.24. The molecule has 26 heavy (non-hydrogen) atoms. The van der Waals surface area contributed by atoms with Crippen molar-refractivity contribution in [3.05, 3.63) is 41.2 Å². The Morgan fingerprint density at radius 3 is 2.50 bits per heavy atom. The van der Waals surface area contributed by atoms with E-state index in [-0.39, 0.29) is 16.4 Å². The molecule has 140 valence electrons. The Kier molecular flexibility index (Phi) is 5.68. The summed E-state index contributed by atoms with van der Waals surface area (Å²) >= 11 is 0. The molecule has 0 aliphatic carbocycles. The maximum Gasteiger partial charge on any atom is 0.341 e. The highest BCUT2D eigenvalue weighted by atomic mass is 32.2. The molecule has 1 aromatic heterocycles. The molecule has 0 spiro atoms. The van der Waals surface area contributed by atoms with Gasteiger partial charge in [0.25, 0.3) is 15.9 Å². The Bertz CT molecular complexity index is 948. The molecule has 1 heterocycles. The fourth-order valence-corrected chi connectivity index (χ4v) is 2.82. The van der Waals surface area contributed by atoms with E-state index in [0.29, 0.717) is 17.0 Å². The molecule has 3 N–H and O–H groups in total. The number of carbonyl (C=O) groups is 2.